The van der Waals surface area contributed by atoms with Crippen molar-refractivity contribution in [1.29, 1.82) is 0 Å². The highest BCUT2D eigenvalue weighted by molar-refractivity contribution is 6.00. The summed E-state index contributed by atoms with van der Waals surface area (Å²) in [6, 6.07) is 16.4. The number of nitrogens with two attached hydrogens (primary N) is 2. The molecule has 0 spiro atoms. The summed E-state index contributed by atoms with van der Waals surface area (Å²) in [5.41, 5.74) is 7.48. The second-order valence-electron chi connectivity index (χ2n) is 5.11. The molecule has 0 fully saturated rings. The van der Waals surface area contributed by atoms with E-state index in [2.05, 4.69) is 5.32 Å². The molecule has 6 nitrogen and oxygen atoms in total. The van der Waals surface area contributed by atoms with Crippen molar-refractivity contribution in [3.8, 4) is 0 Å². The molecule has 6 heteroatoms. The van der Waals surface area contributed by atoms with Gasteiger partial charge in [0.25, 0.3) is 5.91 Å². The fourth-order valence-electron chi connectivity index (χ4n) is 2.12. The number of para-hydroxylation sites is 1. The molecule has 0 aliphatic heterocycles. The predicted molar refractivity (Wildman–Crippen MR) is 89.2 cm³/mol. The maximum atomic E-state index is 12.1. The summed E-state index contributed by atoms with van der Waals surface area (Å²) in [6.45, 7) is 0.264. The van der Waals surface area contributed by atoms with Crippen LogP contribution in [0.2, 0.25) is 0 Å². The van der Waals surface area contributed by atoms with Gasteiger partial charge in [0.2, 0.25) is 5.91 Å². The van der Waals surface area contributed by atoms with Crippen LogP contribution in [0.4, 0.5) is 5.69 Å². The van der Waals surface area contributed by atoms with Crippen LogP contribution >= 0.6 is 0 Å². The third kappa shape index (κ3) is 4.82. The molecule has 2 aromatic rings. The first-order chi connectivity index (χ1) is 11.1. The predicted octanol–water partition coefficient (Wildman–Crippen LogP) is 0.944. The molecule has 0 heterocycles. The Morgan fingerprint density at radius 1 is 1.00 bits per heavy atom. The zero-order chi connectivity index (χ0) is 16.7. The number of carbonyl (C=O) groups is 2. The van der Waals surface area contributed by atoms with Gasteiger partial charge in [-0.2, -0.15) is 0 Å². The first-order valence-corrected chi connectivity index (χ1v) is 7.29. The maximum Gasteiger partial charge on any atom is 0.270 e. The lowest BCUT2D eigenvalue weighted by molar-refractivity contribution is -0.121. The molecular weight excluding hydrogens is 292 g/mol. The van der Waals surface area contributed by atoms with Gasteiger partial charge in [-0.1, -0.05) is 42.5 Å². The lowest BCUT2D eigenvalue weighted by Gasteiger charge is -2.17. The van der Waals surface area contributed by atoms with E-state index in [1.807, 2.05) is 30.3 Å². The molecule has 2 amide bonds. The molecule has 2 aromatic carbocycles. The van der Waals surface area contributed by atoms with Crippen molar-refractivity contribution < 1.29 is 9.59 Å². The van der Waals surface area contributed by atoms with Crippen LogP contribution in [0.25, 0.3) is 0 Å². The van der Waals surface area contributed by atoms with Gasteiger partial charge in [-0.25, -0.2) is 5.84 Å². The van der Waals surface area contributed by atoms with E-state index in [-0.39, 0.29) is 18.0 Å². The van der Waals surface area contributed by atoms with Gasteiger partial charge in [0.1, 0.15) is 6.54 Å². The largest absolute Gasteiger partial charge is 0.398 e. The molecule has 23 heavy (non-hydrogen) atoms. The van der Waals surface area contributed by atoms with Gasteiger partial charge in [-0.15, -0.1) is 0 Å². The Hall–Kier alpha value is -2.86. The SMILES string of the molecule is Nc1ccccc1C(=O)N(N)CC(=O)NCCc1ccccc1. The van der Waals surface area contributed by atoms with Gasteiger partial charge in [0.05, 0.1) is 5.56 Å². The van der Waals surface area contributed by atoms with Crippen LogP contribution in [-0.4, -0.2) is 29.9 Å². The molecular formula is C17H20N4O2. The van der Waals surface area contributed by atoms with Crippen molar-refractivity contribution in [2.24, 2.45) is 5.84 Å². The van der Waals surface area contributed by atoms with E-state index in [0.29, 0.717) is 12.2 Å². The minimum absolute atomic E-state index is 0.220. The highest BCUT2D eigenvalue weighted by atomic mass is 16.2. The molecule has 0 saturated carbocycles. The average Bonchev–Trinajstić information content (AvgIpc) is 2.55. The number of hydrogen-bond acceptors (Lipinski definition) is 4. The third-order valence-electron chi connectivity index (χ3n) is 3.34. The number of amides is 2. The van der Waals surface area contributed by atoms with E-state index in [1.54, 1.807) is 24.3 Å². The Bertz CT molecular complexity index is 673. The van der Waals surface area contributed by atoms with Crippen LogP contribution in [0.15, 0.2) is 54.6 Å². The van der Waals surface area contributed by atoms with E-state index >= 15 is 0 Å². The fourth-order valence-corrected chi connectivity index (χ4v) is 2.12. The quantitative estimate of drug-likeness (QED) is 0.320. The first-order valence-electron chi connectivity index (χ1n) is 7.29. The Morgan fingerprint density at radius 3 is 2.35 bits per heavy atom. The van der Waals surface area contributed by atoms with Gasteiger partial charge in [-0.05, 0) is 24.1 Å². The number of anilines is 1. The summed E-state index contributed by atoms with van der Waals surface area (Å²) in [5, 5.41) is 3.60. The van der Waals surface area contributed by atoms with Crippen LogP contribution < -0.4 is 16.9 Å². The van der Waals surface area contributed by atoms with Crippen LogP contribution in [0.3, 0.4) is 0 Å². The maximum absolute atomic E-state index is 12.1. The van der Waals surface area contributed by atoms with Gasteiger partial charge in [0.15, 0.2) is 0 Å². The van der Waals surface area contributed by atoms with E-state index in [4.69, 9.17) is 11.6 Å². The second-order valence-corrected chi connectivity index (χ2v) is 5.11. The lowest BCUT2D eigenvalue weighted by Crippen LogP contribution is -2.45. The molecule has 0 aromatic heterocycles. The van der Waals surface area contributed by atoms with Crippen molar-refractivity contribution in [1.82, 2.24) is 10.3 Å². The summed E-state index contributed by atoms with van der Waals surface area (Å²) in [5.74, 6) is 4.87. The molecule has 120 valence electrons. The molecule has 0 radical (unpaired) electrons. The summed E-state index contributed by atoms with van der Waals surface area (Å²) in [4.78, 5) is 24.0. The molecule has 2 rings (SSSR count). The van der Waals surface area contributed by atoms with Crippen LogP contribution in [-0.2, 0) is 11.2 Å². The van der Waals surface area contributed by atoms with Crippen LogP contribution in [0, 0.1) is 0 Å². The van der Waals surface area contributed by atoms with E-state index in [9.17, 15) is 9.59 Å². The zero-order valence-electron chi connectivity index (χ0n) is 12.7. The van der Waals surface area contributed by atoms with Crippen LogP contribution in [0.1, 0.15) is 15.9 Å². The van der Waals surface area contributed by atoms with Crippen LogP contribution in [0.5, 0.6) is 0 Å². The minimum atomic E-state index is -0.485. The number of hydrazine groups is 1. The standard InChI is InChI=1S/C17H20N4O2/c18-15-9-5-4-8-14(15)17(23)21(19)12-16(22)20-11-10-13-6-2-1-3-7-13/h1-9H,10-12,18-19H2,(H,20,22). The minimum Gasteiger partial charge on any atom is -0.398 e. The molecule has 5 N–H and O–H groups in total. The Labute approximate surface area is 135 Å². The molecule has 0 aliphatic carbocycles. The number of hydrogen-bond donors (Lipinski definition) is 3. The topological polar surface area (TPSA) is 101 Å². The average molecular weight is 312 g/mol. The smallest absolute Gasteiger partial charge is 0.270 e. The molecule has 0 bridgehead atoms. The summed E-state index contributed by atoms with van der Waals surface area (Å²) < 4.78 is 0. The summed E-state index contributed by atoms with van der Waals surface area (Å²) in [7, 11) is 0. The molecule has 0 saturated heterocycles. The van der Waals surface area contributed by atoms with Gasteiger partial charge < -0.3 is 11.1 Å². The monoisotopic (exact) mass is 312 g/mol. The van der Waals surface area contributed by atoms with E-state index in [1.165, 1.54) is 0 Å². The van der Waals surface area contributed by atoms with Crippen molar-refractivity contribution in [2.45, 2.75) is 6.42 Å². The van der Waals surface area contributed by atoms with Gasteiger partial charge in [0, 0.05) is 12.2 Å². The van der Waals surface area contributed by atoms with E-state index in [0.717, 1.165) is 17.0 Å². The van der Waals surface area contributed by atoms with Crippen molar-refractivity contribution in [3.63, 3.8) is 0 Å². The molecule has 0 unspecified atom stereocenters. The fraction of sp³-hybridized carbons (Fsp3) is 0.176. The van der Waals surface area contributed by atoms with Crippen molar-refractivity contribution >= 4 is 17.5 Å². The van der Waals surface area contributed by atoms with Gasteiger partial charge in [-0.3, -0.25) is 14.6 Å². The van der Waals surface area contributed by atoms with E-state index < -0.39 is 5.91 Å². The Balaban J connectivity index is 1.80. The summed E-state index contributed by atoms with van der Waals surface area (Å²) in [6.07, 6.45) is 0.719. The van der Waals surface area contributed by atoms with Crippen molar-refractivity contribution in [2.75, 3.05) is 18.8 Å². The highest BCUT2D eigenvalue weighted by Gasteiger charge is 2.17. The normalized spacial score (nSPS) is 10.1. The summed E-state index contributed by atoms with van der Waals surface area (Å²) >= 11 is 0. The highest BCUT2D eigenvalue weighted by Crippen LogP contribution is 2.11. The number of benzene rings is 2. The number of nitrogen functional groups attached to an aromatic ring is 1. The third-order valence-corrected chi connectivity index (χ3v) is 3.34. The Morgan fingerprint density at radius 2 is 1.65 bits per heavy atom. The molecule has 0 aliphatic rings. The molecule has 0 atom stereocenters. The number of nitrogens with one attached hydrogen (secondary N) is 1. The number of rotatable bonds is 6. The van der Waals surface area contributed by atoms with Crippen molar-refractivity contribution in [3.05, 3.63) is 65.7 Å². The number of carbonyl (C=O) groups excluding carboxylic acids is 2. The Kier molecular flexibility index (Phi) is 5.71. The zero-order valence-corrected chi connectivity index (χ0v) is 12.7. The first kappa shape index (κ1) is 16.5. The number of nitrogens with zero attached hydrogens (tertiary/aromatic N) is 1. The second kappa shape index (κ2) is 7.95. The lowest BCUT2D eigenvalue weighted by atomic mass is 10.1. The van der Waals surface area contributed by atoms with Gasteiger partial charge >= 0.3 is 0 Å².